The van der Waals surface area contributed by atoms with Crippen molar-refractivity contribution in [3.05, 3.63) is 29.7 Å². The molecule has 2 aromatic rings. The summed E-state index contributed by atoms with van der Waals surface area (Å²) >= 11 is 5.78. The predicted octanol–water partition coefficient (Wildman–Crippen LogP) is 2.72. The van der Waals surface area contributed by atoms with Crippen molar-refractivity contribution < 1.29 is 2.74 Å². The Morgan fingerprint density at radius 1 is 1.57 bits per heavy atom. The fraction of sp³-hybridized carbons (Fsp3) is 0.200. The molecule has 0 saturated carbocycles. The van der Waals surface area contributed by atoms with Crippen LogP contribution in [-0.2, 0) is 0 Å². The minimum Gasteiger partial charge on any atom is -0.370 e. The molecular formula is C10H10ClN3. The molecule has 0 radical (unpaired) electrons. The molecule has 0 bridgehead atoms. The first-order valence-electron chi connectivity index (χ1n) is 5.14. The van der Waals surface area contributed by atoms with Crippen LogP contribution in [0.3, 0.4) is 0 Å². The summed E-state index contributed by atoms with van der Waals surface area (Å²) in [5.74, 6) is 0.467. The van der Waals surface area contributed by atoms with Crippen LogP contribution in [0.25, 0.3) is 10.8 Å². The molecule has 0 atom stereocenters. The van der Waals surface area contributed by atoms with Crippen molar-refractivity contribution >= 4 is 28.2 Å². The minimum absolute atomic E-state index is 0.407. The molecule has 0 aliphatic carbocycles. The molecule has 3 nitrogen and oxygen atoms in total. The van der Waals surface area contributed by atoms with E-state index in [0.717, 1.165) is 10.8 Å². The number of hydrogen-bond acceptors (Lipinski definition) is 3. The molecule has 2 aromatic heterocycles. The lowest BCUT2D eigenvalue weighted by atomic mass is 10.2. The van der Waals surface area contributed by atoms with Gasteiger partial charge in [-0.05, 0) is 24.4 Å². The van der Waals surface area contributed by atoms with E-state index in [9.17, 15) is 0 Å². The van der Waals surface area contributed by atoms with E-state index in [4.69, 9.17) is 14.3 Å². The van der Waals surface area contributed by atoms with Gasteiger partial charge in [0.25, 0.3) is 0 Å². The second kappa shape index (κ2) is 3.80. The predicted molar refractivity (Wildman–Crippen MR) is 58.7 cm³/mol. The molecule has 0 amide bonds. The standard InChI is InChI=1S/C10H10ClN3/c1-2-12-10-8-6-14-9(11)5-7(8)3-4-13-10/h3-6H,2H2,1H3,(H,12,13)/i2D2. The normalized spacial score (nSPS) is 13.6. The number of nitrogens with one attached hydrogen (secondary N) is 1. The van der Waals surface area contributed by atoms with Crippen molar-refractivity contribution in [1.82, 2.24) is 9.97 Å². The molecular weight excluding hydrogens is 198 g/mol. The van der Waals surface area contributed by atoms with E-state index in [-0.39, 0.29) is 0 Å². The molecule has 0 aliphatic heterocycles. The van der Waals surface area contributed by atoms with Gasteiger partial charge in [-0.25, -0.2) is 9.97 Å². The van der Waals surface area contributed by atoms with Crippen molar-refractivity contribution in [3.8, 4) is 0 Å². The molecule has 0 spiro atoms. The van der Waals surface area contributed by atoms with E-state index < -0.39 is 6.50 Å². The summed E-state index contributed by atoms with van der Waals surface area (Å²) in [5.41, 5.74) is 0. The van der Waals surface area contributed by atoms with Gasteiger partial charge in [0, 0.05) is 27.0 Å². The van der Waals surface area contributed by atoms with Crippen LogP contribution in [0.1, 0.15) is 9.67 Å². The number of pyridine rings is 2. The van der Waals surface area contributed by atoms with E-state index in [1.165, 1.54) is 6.92 Å². The number of hydrogen-bond donors (Lipinski definition) is 1. The Morgan fingerprint density at radius 2 is 2.43 bits per heavy atom. The maximum atomic E-state index is 7.46. The van der Waals surface area contributed by atoms with Crippen molar-refractivity contribution in [2.24, 2.45) is 0 Å². The maximum absolute atomic E-state index is 7.46. The van der Waals surface area contributed by atoms with Crippen LogP contribution in [0.4, 0.5) is 5.82 Å². The van der Waals surface area contributed by atoms with Gasteiger partial charge in [-0.2, -0.15) is 0 Å². The van der Waals surface area contributed by atoms with Crippen LogP contribution in [-0.4, -0.2) is 16.5 Å². The van der Waals surface area contributed by atoms with E-state index in [0.29, 0.717) is 11.0 Å². The van der Waals surface area contributed by atoms with Crippen LogP contribution in [0.2, 0.25) is 5.15 Å². The monoisotopic (exact) mass is 209 g/mol. The second-order valence-electron chi connectivity index (χ2n) is 2.76. The van der Waals surface area contributed by atoms with E-state index in [2.05, 4.69) is 15.3 Å². The van der Waals surface area contributed by atoms with Crippen LogP contribution in [0.15, 0.2) is 24.5 Å². The van der Waals surface area contributed by atoms with Gasteiger partial charge in [-0.3, -0.25) is 0 Å². The molecule has 0 unspecified atom stereocenters. The highest BCUT2D eigenvalue weighted by atomic mass is 35.5. The summed E-state index contributed by atoms with van der Waals surface area (Å²) < 4.78 is 14.9. The Balaban J connectivity index is 2.54. The number of fused-ring (bicyclic) bond motifs is 1. The van der Waals surface area contributed by atoms with Crippen molar-refractivity contribution in [3.63, 3.8) is 0 Å². The molecule has 2 heterocycles. The summed E-state index contributed by atoms with van der Waals surface area (Å²) in [6.45, 7) is -0.0994. The van der Waals surface area contributed by atoms with Gasteiger partial charge >= 0.3 is 0 Å². The minimum atomic E-state index is -1.53. The summed E-state index contributed by atoms with van der Waals surface area (Å²) in [5, 5.41) is 4.71. The van der Waals surface area contributed by atoms with Crippen molar-refractivity contribution in [2.45, 2.75) is 6.92 Å². The smallest absolute Gasteiger partial charge is 0.135 e. The molecule has 4 heteroatoms. The van der Waals surface area contributed by atoms with Gasteiger partial charge in [0.1, 0.15) is 11.0 Å². The third-order valence-electron chi connectivity index (χ3n) is 1.86. The zero-order chi connectivity index (χ0) is 11.8. The van der Waals surface area contributed by atoms with Crippen LogP contribution in [0.5, 0.6) is 0 Å². The summed E-state index contributed by atoms with van der Waals surface area (Å²) in [6, 6.07) is 3.52. The lowest BCUT2D eigenvalue weighted by Crippen LogP contribution is -1.99. The third kappa shape index (κ3) is 1.63. The fourth-order valence-electron chi connectivity index (χ4n) is 1.26. The number of nitrogens with zero attached hydrogens (tertiary/aromatic N) is 2. The first kappa shape index (κ1) is 7.01. The molecule has 72 valence electrons. The zero-order valence-electron chi connectivity index (χ0n) is 9.58. The van der Waals surface area contributed by atoms with Crippen LogP contribution >= 0.6 is 11.6 Å². The Hall–Kier alpha value is -1.35. The first-order valence-corrected chi connectivity index (χ1v) is 4.52. The Bertz CT molecular complexity index is 525. The Kier molecular flexibility index (Phi) is 1.90. The third-order valence-corrected chi connectivity index (χ3v) is 2.07. The molecule has 0 aromatic carbocycles. The maximum Gasteiger partial charge on any atom is 0.135 e. The zero-order valence-corrected chi connectivity index (χ0v) is 8.34. The molecule has 0 fully saturated rings. The highest BCUT2D eigenvalue weighted by molar-refractivity contribution is 6.30. The molecule has 14 heavy (non-hydrogen) atoms. The van der Waals surface area contributed by atoms with Gasteiger partial charge in [-0.1, -0.05) is 11.6 Å². The Labute approximate surface area is 89.9 Å². The van der Waals surface area contributed by atoms with Gasteiger partial charge < -0.3 is 5.32 Å². The number of anilines is 1. The van der Waals surface area contributed by atoms with Gasteiger partial charge in [-0.15, -0.1) is 0 Å². The number of aromatic nitrogens is 2. The molecule has 1 N–H and O–H groups in total. The topological polar surface area (TPSA) is 37.8 Å². The number of rotatable bonds is 2. The fourth-order valence-corrected chi connectivity index (χ4v) is 1.43. The van der Waals surface area contributed by atoms with Gasteiger partial charge in [0.05, 0.1) is 0 Å². The quantitative estimate of drug-likeness (QED) is 0.773. The van der Waals surface area contributed by atoms with E-state index in [1.54, 1.807) is 24.5 Å². The van der Waals surface area contributed by atoms with E-state index in [1.807, 2.05) is 0 Å². The SMILES string of the molecule is [2H]C([2H])(C)Nc1nccc2cc(Cl)ncc12. The summed E-state index contributed by atoms with van der Waals surface area (Å²) in [7, 11) is 0. The molecule has 2 rings (SSSR count). The summed E-state index contributed by atoms with van der Waals surface area (Å²) in [6.07, 6.45) is 3.19. The van der Waals surface area contributed by atoms with E-state index >= 15 is 0 Å². The average molecular weight is 210 g/mol. The highest BCUT2D eigenvalue weighted by Gasteiger charge is 2.01. The van der Waals surface area contributed by atoms with Crippen LogP contribution < -0.4 is 5.32 Å². The molecule has 0 aliphatic rings. The lowest BCUT2D eigenvalue weighted by molar-refractivity contribution is 1.17. The van der Waals surface area contributed by atoms with Gasteiger partial charge in [0.15, 0.2) is 0 Å². The average Bonchev–Trinajstić information content (AvgIpc) is 2.15. The van der Waals surface area contributed by atoms with Crippen molar-refractivity contribution in [1.29, 1.82) is 0 Å². The molecule has 0 saturated heterocycles. The first-order chi connectivity index (χ1) is 7.46. The Morgan fingerprint density at radius 3 is 3.21 bits per heavy atom. The summed E-state index contributed by atoms with van der Waals surface area (Å²) in [4.78, 5) is 8.05. The van der Waals surface area contributed by atoms with Crippen LogP contribution in [0, 0.1) is 0 Å². The number of halogens is 1. The highest BCUT2D eigenvalue weighted by Crippen LogP contribution is 2.21. The van der Waals surface area contributed by atoms with Crippen molar-refractivity contribution in [2.75, 3.05) is 11.8 Å². The lowest BCUT2D eigenvalue weighted by Gasteiger charge is -2.05. The second-order valence-corrected chi connectivity index (χ2v) is 3.15. The largest absolute Gasteiger partial charge is 0.370 e. The van der Waals surface area contributed by atoms with Gasteiger partial charge in [0.2, 0.25) is 0 Å².